The van der Waals surface area contributed by atoms with Gasteiger partial charge in [-0.3, -0.25) is 0 Å². The molecule has 2 atom stereocenters. The van der Waals surface area contributed by atoms with E-state index < -0.39 is 0 Å². The molecule has 2 unspecified atom stereocenters. The molecule has 1 fully saturated rings. The summed E-state index contributed by atoms with van der Waals surface area (Å²) in [5, 5.41) is 9.23. The third kappa shape index (κ3) is 2.34. The fourth-order valence-corrected chi connectivity index (χ4v) is 2.18. The van der Waals surface area contributed by atoms with Gasteiger partial charge < -0.3 is 20.5 Å². The van der Waals surface area contributed by atoms with Crippen LogP contribution in [0.15, 0.2) is 24.3 Å². The molecule has 2 rings (SSSR count). The first-order valence-electron chi connectivity index (χ1n) is 5.49. The minimum atomic E-state index is -0.346. The van der Waals surface area contributed by atoms with Gasteiger partial charge in [-0.15, -0.1) is 0 Å². The second kappa shape index (κ2) is 4.63. The SMILES string of the molecule is COC(=O)N1CC(N)C(c2ccc(O)cc2)C1. The quantitative estimate of drug-likeness (QED) is 0.759. The van der Waals surface area contributed by atoms with Gasteiger partial charge in [0.05, 0.1) is 7.11 Å². The van der Waals surface area contributed by atoms with E-state index in [0.717, 1.165) is 5.56 Å². The third-order valence-corrected chi connectivity index (χ3v) is 3.12. The number of ether oxygens (including phenoxy) is 1. The molecule has 1 aromatic carbocycles. The van der Waals surface area contributed by atoms with E-state index in [0.29, 0.717) is 13.1 Å². The summed E-state index contributed by atoms with van der Waals surface area (Å²) >= 11 is 0. The van der Waals surface area contributed by atoms with Crippen LogP contribution in [0.1, 0.15) is 11.5 Å². The number of carbonyl (C=O) groups is 1. The van der Waals surface area contributed by atoms with E-state index >= 15 is 0 Å². The highest BCUT2D eigenvalue weighted by atomic mass is 16.5. The second-order valence-electron chi connectivity index (χ2n) is 4.24. The maximum absolute atomic E-state index is 11.4. The Morgan fingerprint density at radius 2 is 2.06 bits per heavy atom. The lowest BCUT2D eigenvalue weighted by Crippen LogP contribution is -2.31. The maximum atomic E-state index is 11.4. The molecule has 1 aliphatic rings. The van der Waals surface area contributed by atoms with Gasteiger partial charge in [-0.2, -0.15) is 0 Å². The summed E-state index contributed by atoms with van der Waals surface area (Å²) in [6.07, 6.45) is -0.346. The van der Waals surface area contributed by atoms with Gasteiger partial charge in [0.15, 0.2) is 0 Å². The summed E-state index contributed by atoms with van der Waals surface area (Å²) in [5.41, 5.74) is 7.05. The van der Waals surface area contributed by atoms with E-state index in [1.54, 1.807) is 17.0 Å². The fourth-order valence-electron chi connectivity index (χ4n) is 2.18. The van der Waals surface area contributed by atoms with Crippen molar-refractivity contribution in [3.05, 3.63) is 29.8 Å². The van der Waals surface area contributed by atoms with Crippen LogP contribution >= 0.6 is 0 Å². The summed E-state index contributed by atoms with van der Waals surface area (Å²) < 4.78 is 4.68. The van der Waals surface area contributed by atoms with Crippen LogP contribution in [-0.4, -0.2) is 42.3 Å². The molecule has 5 nitrogen and oxygen atoms in total. The van der Waals surface area contributed by atoms with Crippen LogP contribution in [0.4, 0.5) is 4.79 Å². The minimum absolute atomic E-state index is 0.0923. The zero-order valence-electron chi connectivity index (χ0n) is 9.67. The second-order valence-corrected chi connectivity index (χ2v) is 4.24. The number of benzene rings is 1. The molecule has 1 aromatic rings. The number of methoxy groups -OCH3 is 1. The summed E-state index contributed by atoms with van der Waals surface area (Å²) in [6.45, 7) is 1.05. The number of phenolic OH excluding ortho intramolecular Hbond substituents is 1. The molecule has 1 saturated heterocycles. The number of amides is 1. The van der Waals surface area contributed by atoms with E-state index in [1.807, 2.05) is 12.1 Å². The van der Waals surface area contributed by atoms with Gasteiger partial charge in [0.2, 0.25) is 0 Å². The molecule has 92 valence electrons. The van der Waals surface area contributed by atoms with E-state index in [4.69, 9.17) is 5.73 Å². The van der Waals surface area contributed by atoms with Crippen molar-refractivity contribution in [2.24, 2.45) is 5.73 Å². The van der Waals surface area contributed by atoms with Crippen LogP contribution in [0.5, 0.6) is 5.75 Å². The van der Waals surface area contributed by atoms with Crippen LogP contribution in [0.25, 0.3) is 0 Å². The minimum Gasteiger partial charge on any atom is -0.508 e. The summed E-state index contributed by atoms with van der Waals surface area (Å²) in [7, 11) is 1.36. The summed E-state index contributed by atoms with van der Waals surface area (Å²) in [6, 6.07) is 6.83. The molecule has 1 heterocycles. The standard InChI is InChI=1S/C12H16N2O3/c1-17-12(16)14-6-10(11(13)7-14)8-2-4-9(15)5-3-8/h2-5,10-11,15H,6-7,13H2,1H3. The Kier molecular flexibility index (Phi) is 3.19. The third-order valence-electron chi connectivity index (χ3n) is 3.12. The predicted molar refractivity (Wildman–Crippen MR) is 62.8 cm³/mol. The van der Waals surface area contributed by atoms with Gasteiger partial charge in [-0.25, -0.2) is 4.79 Å². The number of phenols is 1. The van der Waals surface area contributed by atoms with Crippen molar-refractivity contribution in [3.8, 4) is 5.75 Å². The van der Waals surface area contributed by atoms with Crippen molar-refractivity contribution >= 4 is 6.09 Å². The number of aromatic hydroxyl groups is 1. The van der Waals surface area contributed by atoms with Crippen molar-refractivity contribution in [1.29, 1.82) is 0 Å². The van der Waals surface area contributed by atoms with Crippen LogP contribution < -0.4 is 5.73 Å². The Labute approximate surface area is 99.8 Å². The van der Waals surface area contributed by atoms with Gasteiger partial charge in [-0.1, -0.05) is 12.1 Å². The van der Waals surface area contributed by atoms with E-state index in [9.17, 15) is 9.90 Å². The zero-order valence-corrected chi connectivity index (χ0v) is 9.67. The summed E-state index contributed by atoms with van der Waals surface area (Å²) in [4.78, 5) is 13.0. The molecular formula is C12H16N2O3. The zero-order chi connectivity index (χ0) is 12.4. The molecule has 0 radical (unpaired) electrons. The highest BCUT2D eigenvalue weighted by Gasteiger charge is 2.34. The monoisotopic (exact) mass is 236 g/mol. The lowest BCUT2D eigenvalue weighted by Gasteiger charge is -2.15. The van der Waals surface area contributed by atoms with E-state index in [-0.39, 0.29) is 23.8 Å². The molecule has 0 aliphatic carbocycles. The molecular weight excluding hydrogens is 220 g/mol. The smallest absolute Gasteiger partial charge is 0.409 e. The topological polar surface area (TPSA) is 75.8 Å². The first-order valence-corrected chi connectivity index (χ1v) is 5.49. The Balaban J connectivity index is 2.12. The Morgan fingerprint density at radius 3 is 2.65 bits per heavy atom. The number of rotatable bonds is 1. The lowest BCUT2D eigenvalue weighted by atomic mass is 9.95. The number of nitrogens with zero attached hydrogens (tertiary/aromatic N) is 1. The van der Waals surface area contributed by atoms with Crippen LogP contribution in [0.2, 0.25) is 0 Å². The number of carbonyl (C=O) groups excluding carboxylic acids is 1. The molecule has 0 saturated carbocycles. The molecule has 0 bridgehead atoms. The molecule has 3 N–H and O–H groups in total. The van der Waals surface area contributed by atoms with Gasteiger partial charge in [0.1, 0.15) is 5.75 Å². The van der Waals surface area contributed by atoms with Crippen molar-refractivity contribution in [3.63, 3.8) is 0 Å². The number of likely N-dealkylation sites (tertiary alicyclic amines) is 1. The van der Waals surface area contributed by atoms with Gasteiger partial charge >= 0.3 is 6.09 Å². The first-order chi connectivity index (χ1) is 8.11. The highest BCUT2D eigenvalue weighted by Crippen LogP contribution is 2.27. The molecule has 5 heteroatoms. The molecule has 1 aliphatic heterocycles. The van der Waals surface area contributed by atoms with Gasteiger partial charge in [0.25, 0.3) is 0 Å². The number of hydrogen-bond acceptors (Lipinski definition) is 4. The first kappa shape index (κ1) is 11.7. The lowest BCUT2D eigenvalue weighted by molar-refractivity contribution is 0.132. The number of nitrogens with two attached hydrogens (primary N) is 1. The highest BCUT2D eigenvalue weighted by molar-refractivity contribution is 5.68. The van der Waals surface area contributed by atoms with E-state index in [1.165, 1.54) is 7.11 Å². The van der Waals surface area contributed by atoms with Crippen LogP contribution in [-0.2, 0) is 4.74 Å². The average molecular weight is 236 g/mol. The average Bonchev–Trinajstić information content (AvgIpc) is 2.71. The molecule has 0 aromatic heterocycles. The number of hydrogen-bond donors (Lipinski definition) is 2. The maximum Gasteiger partial charge on any atom is 0.409 e. The Morgan fingerprint density at radius 1 is 1.41 bits per heavy atom. The summed E-state index contributed by atoms with van der Waals surface area (Å²) in [5.74, 6) is 0.319. The molecule has 17 heavy (non-hydrogen) atoms. The van der Waals surface area contributed by atoms with Crippen molar-refractivity contribution in [2.75, 3.05) is 20.2 Å². The normalized spacial score (nSPS) is 23.8. The fraction of sp³-hybridized carbons (Fsp3) is 0.417. The predicted octanol–water partition coefficient (Wildman–Crippen LogP) is 0.885. The van der Waals surface area contributed by atoms with E-state index in [2.05, 4.69) is 4.74 Å². The Hall–Kier alpha value is -1.75. The van der Waals surface area contributed by atoms with Gasteiger partial charge in [-0.05, 0) is 17.7 Å². The molecule has 0 spiro atoms. The Bertz CT molecular complexity index is 405. The van der Waals surface area contributed by atoms with Gasteiger partial charge in [0, 0.05) is 25.0 Å². The van der Waals surface area contributed by atoms with Crippen molar-refractivity contribution in [2.45, 2.75) is 12.0 Å². The van der Waals surface area contributed by atoms with Crippen LogP contribution in [0.3, 0.4) is 0 Å². The van der Waals surface area contributed by atoms with Crippen molar-refractivity contribution < 1.29 is 14.6 Å². The van der Waals surface area contributed by atoms with Crippen molar-refractivity contribution in [1.82, 2.24) is 4.90 Å². The van der Waals surface area contributed by atoms with Crippen LogP contribution in [0, 0.1) is 0 Å². The molecule has 1 amide bonds. The largest absolute Gasteiger partial charge is 0.508 e.